The summed E-state index contributed by atoms with van der Waals surface area (Å²) in [7, 11) is 2.25. The molecule has 0 saturated carbocycles. The van der Waals surface area contributed by atoms with Crippen LogP contribution in [0.25, 0.3) is 0 Å². The van der Waals surface area contributed by atoms with Crippen LogP contribution in [0.4, 0.5) is 0 Å². The molecule has 0 amide bonds. The van der Waals surface area contributed by atoms with Gasteiger partial charge in [-0.25, -0.2) is 0 Å². The molecule has 3 nitrogen and oxygen atoms in total. The van der Waals surface area contributed by atoms with E-state index in [0.717, 1.165) is 21.3 Å². The molecule has 13 heavy (non-hydrogen) atoms. The summed E-state index contributed by atoms with van der Waals surface area (Å²) in [5.41, 5.74) is 0. The van der Waals surface area contributed by atoms with Gasteiger partial charge in [-0.2, -0.15) is 57.7 Å². The van der Waals surface area contributed by atoms with Crippen molar-refractivity contribution >= 4 is 0 Å². The molecule has 0 bridgehead atoms. The normalized spacial score (nSPS) is 5.08. The number of rotatable bonds is 0. The molecule has 72 valence electrons. The van der Waals surface area contributed by atoms with Gasteiger partial charge in [-0.15, -0.1) is 0 Å². The minimum atomic E-state index is 0. The van der Waals surface area contributed by atoms with Crippen LogP contribution in [0, 0.1) is 6.07 Å². The molecule has 1 rings (SSSR count). The molecule has 1 aromatic rings. The van der Waals surface area contributed by atoms with E-state index in [9.17, 15) is 0 Å². The molecule has 0 aliphatic heterocycles. The molecule has 0 saturated heterocycles. The van der Waals surface area contributed by atoms with Crippen molar-refractivity contribution in [1.29, 1.82) is 0 Å². The first-order valence-corrected chi connectivity index (χ1v) is 3.14. The Labute approximate surface area is 94.9 Å². The maximum atomic E-state index is 8.25. The molecule has 0 heterocycles. The Hall–Kier alpha value is -0.186. The second-order valence-corrected chi connectivity index (χ2v) is 1.08. The Morgan fingerprint density at radius 3 is 1.08 bits per heavy atom. The first kappa shape index (κ1) is 23.0. The summed E-state index contributed by atoms with van der Waals surface area (Å²) in [5.74, 6) is 0. The third kappa shape index (κ3) is 33.7. The molecule has 1 aromatic carbocycles. The van der Waals surface area contributed by atoms with E-state index in [2.05, 4.69) is 6.07 Å². The first-order chi connectivity index (χ1) is 6.00. The summed E-state index contributed by atoms with van der Waals surface area (Å²) >= 11 is 0. The summed E-state index contributed by atoms with van der Waals surface area (Å²) in [6, 6.07) is 12.5. The molecule has 0 unspecified atom stereocenters. The average molecular weight is 218 g/mol. The molecular formula is C9H14O3Ti. The van der Waals surface area contributed by atoms with Crippen molar-refractivity contribution in [1.82, 2.24) is 0 Å². The van der Waals surface area contributed by atoms with Crippen molar-refractivity contribution in [3.05, 3.63) is 36.4 Å². The van der Waals surface area contributed by atoms with E-state index in [1.807, 2.05) is 30.3 Å². The fraction of sp³-hybridized carbons (Fsp3) is 0.333. The van der Waals surface area contributed by atoms with Crippen molar-refractivity contribution in [3.8, 4) is 0 Å². The number of hydrogen-bond acceptors (Lipinski definition) is 3. The van der Waals surface area contributed by atoms with E-state index < -0.39 is 0 Å². The molecule has 0 atom stereocenters. The van der Waals surface area contributed by atoms with Crippen molar-refractivity contribution in [2.24, 2.45) is 0 Å². The van der Waals surface area contributed by atoms with Gasteiger partial charge in [0.15, 0.2) is 0 Å². The van der Waals surface area contributed by atoms with Crippen LogP contribution in [0.1, 0.15) is 0 Å². The second-order valence-electron chi connectivity index (χ2n) is 1.08. The zero-order chi connectivity index (χ0) is 10.2. The molecule has 0 aliphatic carbocycles. The smallest absolute Gasteiger partial charge is 0.857 e. The predicted molar refractivity (Wildman–Crippen MR) is 43.1 cm³/mol. The molecule has 0 N–H and O–H groups in total. The molecule has 0 aromatic heterocycles. The minimum Gasteiger partial charge on any atom is -0.857 e. The number of hydrogen-bond donors (Lipinski definition) is 0. The van der Waals surface area contributed by atoms with Crippen molar-refractivity contribution in [3.63, 3.8) is 0 Å². The fourth-order valence-corrected chi connectivity index (χ4v) is 0.342. The quantitative estimate of drug-likeness (QED) is 0.389. The standard InChI is InChI=1S/C6H5.3CH3O.Ti/c1-2-4-6-5-3-1;3*1-2;/h1-5H;3*1H3;/q4*-1;+4. The van der Waals surface area contributed by atoms with Crippen LogP contribution in [0.3, 0.4) is 0 Å². The van der Waals surface area contributed by atoms with Crippen LogP contribution in [-0.2, 0) is 21.7 Å². The van der Waals surface area contributed by atoms with Gasteiger partial charge in [0.25, 0.3) is 0 Å². The summed E-state index contributed by atoms with van der Waals surface area (Å²) in [5, 5.41) is 24.8. The maximum Gasteiger partial charge on any atom is 4.00 e. The third-order valence-corrected chi connectivity index (χ3v) is 0.607. The zero-order valence-electron chi connectivity index (χ0n) is 8.11. The Balaban J connectivity index is -0.0000000508. The van der Waals surface area contributed by atoms with Gasteiger partial charge in [0.1, 0.15) is 0 Å². The summed E-state index contributed by atoms with van der Waals surface area (Å²) in [4.78, 5) is 0. The summed E-state index contributed by atoms with van der Waals surface area (Å²) in [6.45, 7) is 0. The van der Waals surface area contributed by atoms with Gasteiger partial charge in [0.2, 0.25) is 0 Å². The Morgan fingerprint density at radius 2 is 1.00 bits per heavy atom. The zero-order valence-corrected chi connectivity index (χ0v) is 9.67. The van der Waals surface area contributed by atoms with Crippen LogP contribution in [-0.4, -0.2) is 21.3 Å². The molecule has 4 heteroatoms. The van der Waals surface area contributed by atoms with Gasteiger partial charge in [-0.05, 0) is 0 Å². The van der Waals surface area contributed by atoms with Crippen LogP contribution in [0.2, 0.25) is 0 Å². The topological polar surface area (TPSA) is 69.2 Å². The van der Waals surface area contributed by atoms with Gasteiger partial charge in [0, 0.05) is 0 Å². The van der Waals surface area contributed by atoms with Crippen molar-refractivity contribution in [2.75, 3.05) is 21.3 Å². The molecule has 0 fully saturated rings. The van der Waals surface area contributed by atoms with E-state index in [-0.39, 0.29) is 21.7 Å². The van der Waals surface area contributed by atoms with Gasteiger partial charge in [-0.1, -0.05) is 0 Å². The molecule has 0 spiro atoms. The average Bonchev–Trinajstić information content (AvgIpc) is 2.29. The van der Waals surface area contributed by atoms with Gasteiger partial charge in [0.05, 0.1) is 0 Å². The van der Waals surface area contributed by atoms with Gasteiger partial charge < -0.3 is 15.3 Å². The molecule has 0 aliphatic rings. The maximum absolute atomic E-state index is 8.25. The predicted octanol–water partition coefficient (Wildman–Crippen LogP) is -1.59. The Bertz CT molecular complexity index is 86.8. The summed E-state index contributed by atoms with van der Waals surface area (Å²) in [6.07, 6.45) is 0. The second kappa shape index (κ2) is 40.9. The Morgan fingerprint density at radius 1 is 0.692 bits per heavy atom. The summed E-state index contributed by atoms with van der Waals surface area (Å²) < 4.78 is 0. The number of benzene rings is 1. The minimum absolute atomic E-state index is 0. The van der Waals surface area contributed by atoms with Crippen LogP contribution in [0.5, 0.6) is 0 Å². The van der Waals surface area contributed by atoms with E-state index in [4.69, 9.17) is 15.3 Å². The van der Waals surface area contributed by atoms with E-state index >= 15 is 0 Å². The van der Waals surface area contributed by atoms with Crippen LogP contribution in [0.15, 0.2) is 30.3 Å². The molecular weight excluding hydrogens is 204 g/mol. The van der Waals surface area contributed by atoms with Gasteiger partial charge in [-0.3, -0.25) is 0 Å². The fourth-order valence-electron chi connectivity index (χ4n) is 0.342. The SMILES string of the molecule is C[O-].C[O-].C[O-].[Ti+4].[c-]1ccccc1. The van der Waals surface area contributed by atoms with Crippen molar-refractivity contribution in [2.45, 2.75) is 0 Å². The first-order valence-electron chi connectivity index (χ1n) is 3.14. The largest absolute Gasteiger partial charge is 4.00 e. The van der Waals surface area contributed by atoms with E-state index in [1.165, 1.54) is 0 Å². The monoisotopic (exact) mass is 218 g/mol. The van der Waals surface area contributed by atoms with Crippen LogP contribution < -0.4 is 15.3 Å². The Kier molecular flexibility index (Phi) is 72.4. The van der Waals surface area contributed by atoms with Crippen LogP contribution >= 0.6 is 0 Å². The third-order valence-electron chi connectivity index (χ3n) is 0.607. The van der Waals surface area contributed by atoms with E-state index in [0.29, 0.717) is 0 Å². The van der Waals surface area contributed by atoms with Crippen molar-refractivity contribution < 1.29 is 37.0 Å². The van der Waals surface area contributed by atoms with E-state index in [1.54, 1.807) is 0 Å². The van der Waals surface area contributed by atoms with Gasteiger partial charge >= 0.3 is 21.7 Å². The molecule has 0 radical (unpaired) electrons.